The van der Waals surface area contributed by atoms with E-state index in [1.165, 1.54) is 24.3 Å². The van der Waals surface area contributed by atoms with Gasteiger partial charge in [-0.25, -0.2) is 8.42 Å². The van der Waals surface area contributed by atoms with Crippen molar-refractivity contribution in [2.75, 3.05) is 23.3 Å². The number of sulfonamides is 1. The molecule has 7 nitrogen and oxygen atoms in total. The average molecular weight is 489 g/mol. The molecule has 0 atom stereocenters. The third kappa shape index (κ3) is 6.61. The van der Waals surface area contributed by atoms with Gasteiger partial charge in [-0.15, -0.1) is 0 Å². The van der Waals surface area contributed by atoms with Crippen molar-refractivity contribution in [1.29, 1.82) is 0 Å². The minimum Gasteiger partial charge on any atom is -0.490 e. The number of rotatable bonds is 10. The third-order valence-corrected chi connectivity index (χ3v) is 6.33. The largest absolute Gasteiger partial charge is 0.490 e. The molecule has 35 heavy (non-hydrogen) atoms. The van der Waals surface area contributed by atoms with E-state index >= 15 is 0 Å². The lowest BCUT2D eigenvalue weighted by atomic mass is 10.2. The van der Waals surface area contributed by atoms with Crippen LogP contribution in [0.2, 0.25) is 0 Å². The van der Waals surface area contributed by atoms with Crippen molar-refractivity contribution in [2.45, 2.75) is 4.90 Å². The highest BCUT2D eigenvalue weighted by Crippen LogP contribution is 2.22. The Bertz CT molecular complexity index is 1360. The molecule has 0 saturated carbocycles. The number of anilines is 2. The normalized spacial score (nSPS) is 10.9. The molecule has 0 spiro atoms. The molecule has 0 bridgehead atoms. The van der Waals surface area contributed by atoms with Gasteiger partial charge in [0.15, 0.2) is 0 Å². The van der Waals surface area contributed by atoms with E-state index in [9.17, 15) is 13.2 Å². The van der Waals surface area contributed by atoms with Crippen molar-refractivity contribution in [1.82, 2.24) is 0 Å². The highest BCUT2D eigenvalue weighted by molar-refractivity contribution is 7.92. The van der Waals surface area contributed by atoms with E-state index in [2.05, 4.69) is 10.0 Å². The first-order valence-corrected chi connectivity index (χ1v) is 12.4. The van der Waals surface area contributed by atoms with E-state index < -0.39 is 10.0 Å². The number of ether oxygens (including phenoxy) is 2. The number of nitrogens with one attached hydrogen (secondary N) is 2. The molecule has 0 fully saturated rings. The van der Waals surface area contributed by atoms with Crippen molar-refractivity contribution in [3.8, 4) is 11.5 Å². The number of hydrogen-bond acceptors (Lipinski definition) is 5. The Morgan fingerprint density at radius 1 is 0.657 bits per heavy atom. The first-order chi connectivity index (χ1) is 17.0. The van der Waals surface area contributed by atoms with Crippen molar-refractivity contribution in [3.05, 3.63) is 115 Å². The maximum atomic E-state index is 12.9. The molecule has 4 rings (SSSR count). The number of amides is 1. The van der Waals surface area contributed by atoms with Gasteiger partial charge in [-0.05, 0) is 60.7 Å². The maximum absolute atomic E-state index is 12.9. The smallest absolute Gasteiger partial charge is 0.261 e. The van der Waals surface area contributed by atoms with Gasteiger partial charge in [-0.2, -0.15) is 0 Å². The van der Waals surface area contributed by atoms with Crippen LogP contribution in [0.1, 0.15) is 10.4 Å². The van der Waals surface area contributed by atoms with E-state index in [0.717, 1.165) is 5.75 Å². The molecule has 0 heterocycles. The number of carbonyl (C=O) groups excluding carboxylic acids is 1. The van der Waals surface area contributed by atoms with Crippen LogP contribution in [0.15, 0.2) is 114 Å². The van der Waals surface area contributed by atoms with Crippen LogP contribution in [0.5, 0.6) is 11.5 Å². The fraction of sp³-hybridized carbons (Fsp3) is 0.0741. The Labute approximate surface area is 204 Å². The van der Waals surface area contributed by atoms with E-state index in [1.807, 2.05) is 30.3 Å². The highest BCUT2D eigenvalue weighted by Gasteiger charge is 2.16. The standard InChI is InChI=1S/C27H24N2O5S/c30-27(25-13-7-8-14-26(25)34-20-19-33-23-11-5-2-6-12-23)28-21-15-17-24(18-16-21)35(31,32)29-22-9-3-1-4-10-22/h1-18,29H,19-20H2,(H,28,30). The van der Waals surface area contributed by atoms with E-state index in [4.69, 9.17) is 9.47 Å². The van der Waals surface area contributed by atoms with Gasteiger partial charge in [0.1, 0.15) is 24.7 Å². The fourth-order valence-corrected chi connectivity index (χ4v) is 4.30. The van der Waals surface area contributed by atoms with Crippen LogP contribution < -0.4 is 19.5 Å². The zero-order valence-corrected chi connectivity index (χ0v) is 19.6. The van der Waals surface area contributed by atoms with Crippen LogP contribution in [-0.4, -0.2) is 27.5 Å². The van der Waals surface area contributed by atoms with Gasteiger partial charge in [0, 0.05) is 11.4 Å². The fourth-order valence-electron chi connectivity index (χ4n) is 3.24. The summed E-state index contributed by atoms with van der Waals surface area (Å²) in [5.41, 5.74) is 1.28. The zero-order valence-electron chi connectivity index (χ0n) is 18.8. The van der Waals surface area contributed by atoms with E-state index in [0.29, 0.717) is 29.3 Å². The molecule has 0 unspecified atom stereocenters. The lowest BCUT2D eigenvalue weighted by Gasteiger charge is -2.13. The molecule has 0 aliphatic carbocycles. The van der Waals surface area contributed by atoms with Gasteiger partial charge in [-0.1, -0.05) is 48.5 Å². The Morgan fingerprint density at radius 2 is 1.26 bits per heavy atom. The van der Waals surface area contributed by atoms with Crippen LogP contribution in [0, 0.1) is 0 Å². The summed E-state index contributed by atoms with van der Waals surface area (Å²) in [5.74, 6) is 0.794. The molecule has 178 valence electrons. The minimum absolute atomic E-state index is 0.0847. The maximum Gasteiger partial charge on any atom is 0.261 e. The van der Waals surface area contributed by atoms with Crippen LogP contribution in [0.3, 0.4) is 0 Å². The number of benzene rings is 4. The Morgan fingerprint density at radius 3 is 1.97 bits per heavy atom. The molecule has 8 heteroatoms. The predicted molar refractivity (Wildman–Crippen MR) is 136 cm³/mol. The van der Waals surface area contributed by atoms with E-state index in [1.54, 1.807) is 54.6 Å². The lowest BCUT2D eigenvalue weighted by Crippen LogP contribution is -2.16. The summed E-state index contributed by atoms with van der Waals surface area (Å²) in [5, 5.41) is 2.78. The summed E-state index contributed by atoms with van der Waals surface area (Å²) in [6.07, 6.45) is 0. The first-order valence-electron chi connectivity index (χ1n) is 10.9. The molecule has 4 aromatic carbocycles. The zero-order chi connectivity index (χ0) is 24.5. The monoisotopic (exact) mass is 488 g/mol. The quantitative estimate of drug-likeness (QED) is 0.299. The van der Waals surface area contributed by atoms with Gasteiger partial charge in [0.2, 0.25) is 0 Å². The topological polar surface area (TPSA) is 93.7 Å². The van der Waals surface area contributed by atoms with Gasteiger partial charge < -0.3 is 14.8 Å². The SMILES string of the molecule is O=C(Nc1ccc(S(=O)(=O)Nc2ccccc2)cc1)c1ccccc1OCCOc1ccccc1. The average Bonchev–Trinajstić information content (AvgIpc) is 2.88. The van der Waals surface area contributed by atoms with Crippen LogP contribution in [-0.2, 0) is 10.0 Å². The molecule has 4 aromatic rings. The number of para-hydroxylation sites is 3. The van der Waals surface area contributed by atoms with Gasteiger partial charge in [0.05, 0.1) is 10.5 Å². The highest BCUT2D eigenvalue weighted by atomic mass is 32.2. The Hall–Kier alpha value is -4.30. The molecule has 0 aliphatic heterocycles. The molecular formula is C27H24N2O5S. The second kappa shape index (κ2) is 11.2. The molecule has 0 aliphatic rings. The van der Waals surface area contributed by atoms with Crippen molar-refractivity contribution in [2.24, 2.45) is 0 Å². The number of hydrogen-bond donors (Lipinski definition) is 2. The Balaban J connectivity index is 1.36. The Kier molecular flexibility index (Phi) is 7.64. The molecule has 0 aromatic heterocycles. The van der Waals surface area contributed by atoms with Gasteiger partial charge >= 0.3 is 0 Å². The van der Waals surface area contributed by atoms with Crippen molar-refractivity contribution in [3.63, 3.8) is 0 Å². The van der Waals surface area contributed by atoms with Crippen LogP contribution >= 0.6 is 0 Å². The van der Waals surface area contributed by atoms with E-state index in [-0.39, 0.29) is 17.4 Å². The third-order valence-electron chi connectivity index (χ3n) is 4.93. The predicted octanol–water partition coefficient (Wildman–Crippen LogP) is 5.20. The second-order valence-corrected chi connectivity index (χ2v) is 9.14. The summed E-state index contributed by atoms with van der Waals surface area (Å²) in [6.45, 7) is 0.590. The van der Waals surface area contributed by atoms with Crippen molar-refractivity contribution >= 4 is 27.3 Å². The van der Waals surface area contributed by atoms with Crippen LogP contribution in [0.25, 0.3) is 0 Å². The molecule has 2 N–H and O–H groups in total. The summed E-state index contributed by atoms with van der Waals surface area (Å²) in [7, 11) is -3.74. The molecule has 1 amide bonds. The minimum atomic E-state index is -3.74. The summed E-state index contributed by atoms with van der Waals surface area (Å²) < 4.78 is 39.1. The molecule has 0 radical (unpaired) electrons. The first kappa shape index (κ1) is 23.8. The second-order valence-electron chi connectivity index (χ2n) is 7.46. The van der Waals surface area contributed by atoms with Gasteiger partial charge in [0.25, 0.3) is 15.9 Å². The lowest BCUT2D eigenvalue weighted by molar-refractivity contribution is 0.102. The van der Waals surface area contributed by atoms with Gasteiger partial charge in [-0.3, -0.25) is 9.52 Å². The van der Waals surface area contributed by atoms with Crippen molar-refractivity contribution < 1.29 is 22.7 Å². The molecular weight excluding hydrogens is 464 g/mol. The number of carbonyl (C=O) groups is 1. The summed E-state index contributed by atoms with van der Waals surface area (Å²) >= 11 is 0. The summed E-state index contributed by atoms with van der Waals surface area (Å²) in [4.78, 5) is 12.9. The summed E-state index contributed by atoms with van der Waals surface area (Å²) in [6, 6.07) is 30.9. The molecule has 0 saturated heterocycles. The van der Waals surface area contributed by atoms with Crippen LogP contribution in [0.4, 0.5) is 11.4 Å².